The van der Waals surface area contributed by atoms with Crippen LogP contribution >= 0.6 is 0 Å². The fourth-order valence-corrected chi connectivity index (χ4v) is 7.70. The van der Waals surface area contributed by atoms with Gasteiger partial charge in [0.15, 0.2) is 0 Å². The van der Waals surface area contributed by atoms with Gasteiger partial charge in [-0.1, -0.05) is 103 Å². The lowest BCUT2D eigenvalue weighted by Crippen LogP contribution is -2.30. The molecule has 0 N–H and O–H groups in total. The fraction of sp³-hybridized carbons (Fsp3) is 0.0196. The lowest BCUT2D eigenvalue weighted by molar-refractivity contribution is 0.0926. The topological polar surface area (TPSA) is 116 Å². The van der Waals surface area contributed by atoms with Crippen molar-refractivity contribution in [3.05, 3.63) is 204 Å². The van der Waals surface area contributed by atoms with Gasteiger partial charge in [0, 0.05) is 52.3 Å². The number of anilines is 1. The first-order chi connectivity index (χ1) is 28.9. The number of pyridine rings is 2. The van der Waals surface area contributed by atoms with E-state index in [4.69, 9.17) is 0 Å². The minimum Gasteiger partial charge on any atom is -0.308 e. The van der Waals surface area contributed by atoms with Gasteiger partial charge in [0.1, 0.15) is 12.1 Å². The maximum absolute atomic E-state index is 14.6. The van der Waals surface area contributed by atoms with Crippen molar-refractivity contribution in [2.75, 3.05) is 4.90 Å². The summed E-state index contributed by atoms with van der Waals surface area (Å²) in [5, 5.41) is 20.9. The first-order valence-corrected chi connectivity index (χ1v) is 18.9. The molecule has 0 fully saturated rings. The van der Waals surface area contributed by atoms with Gasteiger partial charge >= 0.3 is 0 Å². The molecule has 0 atom stereocenters. The maximum Gasteiger partial charge on any atom is 0.268 e. The number of imide groups is 1. The number of amides is 2. The third-order valence-electron chi connectivity index (χ3n) is 10.5. The Labute approximate surface area is 340 Å². The Balaban J connectivity index is 0.000000583. The van der Waals surface area contributed by atoms with E-state index < -0.39 is 5.91 Å². The maximum atomic E-state index is 14.6. The molecule has 59 heavy (non-hydrogen) atoms. The molecular weight excluding hydrogens is 729 g/mol. The average Bonchev–Trinajstić information content (AvgIpc) is 3.76. The van der Waals surface area contributed by atoms with Crippen LogP contribution in [0.3, 0.4) is 0 Å². The number of aryl methyl sites for hydroxylation is 1. The van der Waals surface area contributed by atoms with E-state index in [1.165, 1.54) is 22.9 Å². The van der Waals surface area contributed by atoms with Crippen LogP contribution in [0.1, 0.15) is 37.4 Å². The average molecular weight is 761 g/mol. The van der Waals surface area contributed by atoms with Crippen molar-refractivity contribution in [3.8, 4) is 51.2 Å². The highest BCUT2D eigenvalue weighted by molar-refractivity contribution is 6.36. The van der Waals surface area contributed by atoms with E-state index in [0.29, 0.717) is 33.6 Å². The van der Waals surface area contributed by atoms with Gasteiger partial charge in [0.05, 0.1) is 44.7 Å². The van der Waals surface area contributed by atoms with Crippen molar-refractivity contribution in [1.82, 2.24) is 14.5 Å². The Morgan fingerprint density at radius 1 is 0.475 bits per heavy atom. The highest BCUT2D eigenvalue weighted by Gasteiger charge is 2.40. The highest BCUT2D eigenvalue weighted by atomic mass is 16.2. The number of carbonyl (C=O) groups is 2. The standard InChI is InChI=1S/C44H24N6O2.C7H8/c45-21-27-17-32(25-47-23-27)30-13-15-39-36(19-30)37-20-31(33-18-28(22-46)24-48-26-33)14-16-40(37)49(39)41-12-6-10-35-42(41)44(52)50(43(35)51)38-11-5-4-9-34(38)29-7-2-1-3-8-29;1-7-5-3-2-4-6-7/h1-20,23-26H;2-6H,1H3. The molecule has 2 amide bonds. The molecule has 0 saturated carbocycles. The van der Waals surface area contributed by atoms with Gasteiger partial charge in [0.25, 0.3) is 11.8 Å². The molecule has 0 spiro atoms. The quantitative estimate of drug-likeness (QED) is 0.161. The zero-order chi connectivity index (χ0) is 40.5. The number of hydrogen-bond acceptors (Lipinski definition) is 6. The summed E-state index contributed by atoms with van der Waals surface area (Å²) < 4.78 is 2.03. The monoisotopic (exact) mass is 760 g/mol. The second-order valence-corrected chi connectivity index (χ2v) is 14.1. The molecule has 0 bridgehead atoms. The summed E-state index contributed by atoms with van der Waals surface area (Å²) in [7, 11) is 0. The van der Waals surface area contributed by atoms with E-state index in [9.17, 15) is 20.1 Å². The smallest absolute Gasteiger partial charge is 0.268 e. The summed E-state index contributed by atoms with van der Waals surface area (Å²) in [5.74, 6) is -0.786. The molecule has 0 radical (unpaired) electrons. The third kappa shape index (κ3) is 6.57. The van der Waals surface area contributed by atoms with Crippen LogP contribution in [0, 0.1) is 29.6 Å². The van der Waals surface area contributed by atoms with Crippen LogP contribution in [0.15, 0.2) is 176 Å². The van der Waals surface area contributed by atoms with Gasteiger partial charge in [-0.15, -0.1) is 0 Å². The predicted molar refractivity (Wildman–Crippen MR) is 231 cm³/mol. The van der Waals surface area contributed by atoms with Crippen LogP contribution in [0.5, 0.6) is 0 Å². The number of fused-ring (bicyclic) bond motifs is 4. The van der Waals surface area contributed by atoms with Crippen LogP contribution in [0.25, 0.3) is 60.9 Å². The van der Waals surface area contributed by atoms with Gasteiger partial charge in [-0.05, 0) is 78.2 Å². The number of benzene rings is 6. The molecule has 9 aromatic rings. The number of carbonyl (C=O) groups excluding carboxylic acids is 2. The molecular formula is C51H32N6O2. The normalized spacial score (nSPS) is 11.8. The summed E-state index contributed by atoms with van der Waals surface area (Å²) in [5.41, 5.74) is 10.6. The fourth-order valence-electron chi connectivity index (χ4n) is 7.70. The Hall–Kier alpha value is -8.46. The largest absolute Gasteiger partial charge is 0.308 e. The number of hydrogen-bond donors (Lipinski definition) is 0. The van der Waals surface area contributed by atoms with Crippen LogP contribution in [-0.4, -0.2) is 26.3 Å². The lowest BCUT2D eigenvalue weighted by atomic mass is 10.0. The molecule has 0 aliphatic carbocycles. The summed E-state index contributed by atoms with van der Waals surface area (Å²) in [6, 6.07) is 52.8. The molecule has 278 valence electrons. The van der Waals surface area contributed by atoms with Crippen molar-refractivity contribution in [3.63, 3.8) is 0 Å². The number of nitriles is 2. The van der Waals surface area contributed by atoms with E-state index in [-0.39, 0.29) is 5.91 Å². The molecule has 0 saturated heterocycles. The second-order valence-electron chi connectivity index (χ2n) is 14.1. The molecule has 8 heteroatoms. The molecule has 0 unspecified atom stereocenters. The molecule has 6 aromatic carbocycles. The molecule has 10 rings (SSSR count). The molecule has 4 heterocycles. The van der Waals surface area contributed by atoms with Crippen molar-refractivity contribution < 1.29 is 9.59 Å². The van der Waals surface area contributed by atoms with Gasteiger partial charge in [-0.2, -0.15) is 10.5 Å². The summed E-state index contributed by atoms with van der Waals surface area (Å²) in [6.07, 6.45) is 6.50. The van der Waals surface area contributed by atoms with E-state index in [0.717, 1.165) is 55.2 Å². The number of aromatic nitrogens is 3. The van der Waals surface area contributed by atoms with Crippen molar-refractivity contribution in [2.45, 2.75) is 6.92 Å². The minimum absolute atomic E-state index is 0.319. The minimum atomic E-state index is -0.402. The van der Waals surface area contributed by atoms with Crippen LogP contribution < -0.4 is 4.90 Å². The van der Waals surface area contributed by atoms with Crippen molar-refractivity contribution in [2.24, 2.45) is 0 Å². The molecule has 1 aliphatic rings. The van der Waals surface area contributed by atoms with E-state index in [2.05, 4.69) is 53.3 Å². The lowest BCUT2D eigenvalue weighted by Gasteiger charge is -2.18. The van der Waals surface area contributed by atoms with Crippen LogP contribution in [0.4, 0.5) is 5.69 Å². The third-order valence-corrected chi connectivity index (χ3v) is 10.5. The Kier molecular flexibility index (Phi) is 9.34. The van der Waals surface area contributed by atoms with Gasteiger partial charge in [0.2, 0.25) is 0 Å². The Bertz CT molecular complexity index is 3080. The van der Waals surface area contributed by atoms with Gasteiger partial charge in [-0.3, -0.25) is 19.6 Å². The van der Waals surface area contributed by atoms with Gasteiger partial charge in [-0.25, -0.2) is 4.90 Å². The van der Waals surface area contributed by atoms with Crippen molar-refractivity contribution in [1.29, 1.82) is 10.5 Å². The Morgan fingerprint density at radius 3 is 1.56 bits per heavy atom. The molecule has 8 nitrogen and oxygen atoms in total. The molecule has 1 aliphatic heterocycles. The van der Waals surface area contributed by atoms with Crippen LogP contribution in [0.2, 0.25) is 0 Å². The summed E-state index contributed by atoms with van der Waals surface area (Å²) >= 11 is 0. The number of rotatable bonds is 5. The number of nitrogens with zero attached hydrogens (tertiary/aromatic N) is 6. The van der Waals surface area contributed by atoms with Crippen molar-refractivity contribution >= 4 is 39.3 Å². The summed E-state index contributed by atoms with van der Waals surface area (Å²) in [4.78, 5) is 38.6. The predicted octanol–water partition coefficient (Wildman–Crippen LogP) is 11.1. The second kappa shape index (κ2) is 15.2. The van der Waals surface area contributed by atoms with E-state index >= 15 is 0 Å². The summed E-state index contributed by atoms with van der Waals surface area (Å²) in [6.45, 7) is 2.08. The van der Waals surface area contributed by atoms with Crippen LogP contribution in [-0.2, 0) is 0 Å². The van der Waals surface area contributed by atoms with E-state index in [1.54, 1.807) is 36.7 Å². The first-order valence-electron chi connectivity index (χ1n) is 18.9. The van der Waals surface area contributed by atoms with E-state index in [1.807, 2.05) is 108 Å². The molecule has 3 aromatic heterocycles. The number of para-hydroxylation sites is 1. The first kappa shape index (κ1) is 36.2. The zero-order valence-electron chi connectivity index (χ0n) is 31.7. The Morgan fingerprint density at radius 2 is 1.00 bits per heavy atom. The SMILES string of the molecule is Cc1ccccc1.N#Cc1cncc(-c2ccc3c(c2)c2cc(-c4cncc(C#N)c4)ccc2n3-c2cccc3c2C(=O)N(c2ccccc2-c2ccccc2)C3=O)c1. The highest BCUT2D eigenvalue weighted by Crippen LogP contribution is 2.42. The zero-order valence-corrected chi connectivity index (χ0v) is 31.7. The van der Waals surface area contributed by atoms with Gasteiger partial charge < -0.3 is 4.57 Å².